The molecule has 2 atom stereocenters. The maximum Gasteiger partial charge on any atom is 0.422 e. The Bertz CT molecular complexity index is 783. The first-order chi connectivity index (χ1) is 14.0. The van der Waals surface area contributed by atoms with Crippen LogP contribution in [-0.2, 0) is 20.1 Å². The lowest BCUT2D eigenvalue weighted by Gasteiger charge is -2.29. The molecule has 31 heavy (non-hydrogen) atoms. The molecule has 0 aliphatic rings. The zero-order valence-corrected chi connectivity index (χ0v) is 19.1. The van der Waals surface area contributed by atoms with Gasteiger partial charge in [-0.2, -0.15) is 31.6 Å². The van der Waals surface area contributed by atoms with Gasteiger partial charge in [0.25, 0.3) is 0 Å². The van der Waals surface area contributed by atoms with Crippen LogP contribution in [0.3, 0.4) is 0 Å². The molecule has 0 saturated heterocycles. The second-order valence-electron chi connectivity index (χ2n) is 5.39. The predicted molar refractivity (Wildman–Crippen MR) is 105 cm³/mol. The smallest absolute Gasteiger partial charge is 0.422 e. The molecular weight excluding hydrogens is 521 g/mol. The van der Waals surface area contributed by atoms with Gasteiger partial charge in [0.15, 0.2) is 5.60 Å². The number of ether oxygens (including phenoxy) is 1. The number of aliphatic hydroxyl groups is 1. The minimum Gasteiger partial charge on any atom is -0.502 e. The molecule has 2 unspecified atom stereocenters. The lowest BCUT2D eigenvalue weighted by Crippen LogP contribution is -2.48. The Labute approximate surface area is 191 Å². The molecule has 178 valence electrons. The first kappa shape index (κ1) is 31.9. The number of rotatable bonds is 4. The number of hydrogen-bond acceptors (Lipinski definition) is 5. The van der Waals surface area contributed by atoms with E-state index in [1.54, 1.807) is 6.92 Å². The number of hydrogen-bond donors (Lipinski definition) is 1. The van der Waals surface area contributed by atoms with Gasteiger partial charge in [-0.25, -0.2) is 9.19 Å². The van der Waals surface area contributed by atoms with Gasteiger partial charge in [-0.3, -0.25) is 0 Å². The van der Waals surface area contributed by atoms with Crippen molar-refractivity contribution < 1.29 is 40.4 Å². The quantitative estimate of drug-likeness (QED) is 0.217. The van der Waals surface area contributed by atoms with Gasteiger partial charge in [0.1, 0.15) is 5.15 Å². The van der Waals surface area contributed by atoms with Gasteiger partial charge in [0, 0.05) is 27.6 Å². The summed E-state index contributed by atoms with van der Waals surface area (Å²) in [6.45, 7) is 4.05. The molecule has 0 fully saturated rings. The molecule has 1 heterocycles. The molecule has 1 rings (SSSR count). The molecular formula is C16H17Cl3F6N2O3S. The Kier molecular flexibility index (Phi) is 14.4. The highest BCUT2D eigenvalue weighted by Crippen LogP contribution is 2.37. The van der Waals surface area contributed by atoms with E-state index in [1.165, 1.54) is 13.0 Å². The van der Waals surface area contributed by atoms with Crippen LogP contribution >= 0.6 is 33.0 Å². The third-order valence-corrected chi connectivity index (χ3v) is 3.72. The Hall–Kier alpha value is -1.26. The molecule has 0 aliphatic heterocycles. The predicted octanol–water partition coefficient (Wildman–Crippen LogP) is 6.09. The summed E-state index contributed by atoms with van der Waals surface area (Å²) in [7, 11) is 7.36. The van der Waals surface area contributed by atoms with Gasteiger partial charge < -0.3 is 9.84 Å². The molecule has 0 bridgehead atoms. The van der Waals surface area contributed by atoms with Crippen LogP contribution in [0.1, 0.15) is 25.0 Å². The summed E-state index contributed by atoms with van der Waals surface area (Å²) in [5.74, 6) is -1.60. The first-order valence-corrected chi connectivity index (χ1v) is 11.0. The molecule has 15 heteroatoms. The zero-order valence-electron chi connectivity index (χ0n) is 16.1. The number of alkyl halides is 6. The molecule has 1 aromatic heterocycles. The average molecular weight is 538 g/mol. The number of halogens is 9. The van der Waals surface area contributed by atoms with Gasteiger partial charge in [0.2, 0.25) is 9.23 Å². The number of pyridine rings is 1. The third-order valence-electron chi connectivity index (χ3n) is 3.34. The second-order valence-corrected chi connectivity index (χ2v) is 8.27. The van der Waals surface area contributed by atoms with Gasteiger partial charge in [0.05, 0.1) is 30.4 Å². The van der Waals surface area contributed by atoms with Crippen LogP contribution in [0.25, 0.3) is 0 Å². The minimum atomic E-state index is -4.91. The third kappa shape index (κ3) is 11.8. The van der Waals surface area contributed by atoms with Crippen LogP contribution in [0.5, 0.6) is 0 Å². The summed E-state index contributed by atoms with van der Waals surface area (Å²) >= 11 is 5.41. The van der Waals surface area contributed by atoms with Crippen LogP contribution in [0.15, 0.2) is 24.6 Å². The maximum atomic E-state index is 12.5. The Morgan fingerprint density at radius 1 is 1.32 bits per heavy atom. The lowest BCUT2D eigenvalue weighted by molar-refractivity contribution is -0.250. The maximum absolute atomic E-state index is 12.5. The number of nitrogens with zero attached hydrogens (tertiary/aromatic N) is 2. The summed E-state index contributed by atoms with van der Waals surface area (Å²) in [4.78, 5) is 3.52. The molecule has 0 aliphatic carbocycles. The first-order valence-electron chi connectivity index (χ1n) is 7.86. The Morgan fingerprint density at radius 3 is 2.13 bits per heavy atom. The molecule has 0 saturated carbocycles. The second kappa shape index (κ2) is 14.0. The summed E-state index contributed by atoms with van der Waals surface area (Å²) in [5.41, 5.74) is -3.94. The van der Waals surface area contributed by atoms with Crippen LogP contribution < -0.4 is 0 Å². The molecule has 1 N–H and O–H groups in total. The highest BCUT2D eigenvalue weighted by molar-refractivity contribution is 8.26. The standard InChI is InChI=1S/C9H12F3NO2.C7H5ClF3N.Cl2OS/c1-3-15-5-4-8(14,7(2)6-13)9(10,11)12;1-4-5(7(9,10)11)2-3-12-6(4)8;1-4(2)3/h4-5,7,14H,3H2,1-2H3;2-3H,1H3;/b5-4+;;. The van der Waals surface area contributed by atoms with E-state index in [0.29, 0.717) is 6.08 Å². The number of nitriles is 1. The van der Waals surface area contributed by atoms with Crippen molar-refractivity contribution in [1.29, 1.82) is 5.26 Å². The fourth-order valence-electron chi connectivity index (χ4n) is 1.65. The molecule has 0 radical (unpaired) electrons. The van der Waals surface area contributed by atoms with Crippen LogP contribution in [0.4, 0.5) is 26.3 Å². The van der Waals surface area contributed by atoms with E-state index in [1.807, 2.05) is 0 Å². The molecule has 0 spiro atoms. The summed E-state index contributed by atoms with van der Waals surface area (Å²) in [6.07, 6.45) is -7.02. The van der Waals surface area contributed by atoms with Crippen molar-refractivity contribution in [3.05, 3.63) is 40.9 Å². The summed E-state index contributed by atoms with van der Waals surface area (Å²) in [6, 6.07) is 2.27. The Balaban J connectivity index is 0. The minimum absolute atomic E-state index is 0.0355. The number of aromatic nitrogens is 1. The molecule has 0 amide bonds. The molecule has 5 nitrogen and oxygen atoms in total. The van der Waals surface area contributed by atoms with E-state index >= 15 is 0 Å². The van der Waals surface area contributed by atoms with Crippen LogP contribution in [0, 0.1) is 24.2 Å². The lowest BCUT2D eigenvalue weighted by atomic mass is 9.89. The van der Waals surface area contributed by atoms with Crippen molar-refractivity contribution in [2.24, 2.45) is 5.92 Å². The van der Waals surface area contributed by atoms with E-state index < -0.39 is 38.7 Å². The van der Waals surface area contributed by atoms with Crippen LogP contribution in [-0.4, -0.2) is 32.7 Å². The van der Waals surface area contributed by atoms with E-state index in [2.05, 4.69) is 31.1 Å². The average Bonchev–Trinajstić information content (AvgIpc) is 2.61. The zero-order chi connectivity index (χ0) is 25.0. The van der Waals surface area contributed by atoms with Gasteiger partial charge >= 0.3 is 12.4 Å². The van der Waals surface area contributed by atoms with E-state index in [0.717, 1.165) is 25.4 Å². The Morgan fingerprint density at radius 2 is 1.81 bits per heavy atom. The van der Waals surface area contributed by atoms with Gasteiger partial charge in [-0.15, -0.1) is 0 Å². The fraction of sp³-hybridized carbons (Fsp3) is 0.500. The molecule has 1 aromatic rings. The van der Waals surface area contributed by atoms with Crippen molar-refractivity contribution >= 4 is 42.2 Å². The summed E-state index contributed by atoms with van der Waals surface area (Å²) < 4.78 is 87.5. The highest BCUT2D eigenvalue weighted by Gasteiger charge is 2.56. The van der Waals surface area contributed by atoms with Crippen molar-refractivity contribution in [1.82, 2.24) is 4.98 Å². The van der Waals surface area contributed by atoms with E-state index in [4.69, 9.17) is 21.1 Å². The largest absolute Gasteiger partial charge is 0.502 e. The SMILES string of the molecule is CCO/C=C/C(O)(C(C)C#N)C(F)(F)F.Cc1c(C(F)(F)F)ccnc1Cl.O=S(Cl)Cl. The monoisotopic (exact) mass is 536 g/mol. The van der Waals surface area contributed by atoms with Gasteiger partial charge in [-0.1, -0.05) is 11.6 Å². The summed E-state index contributed by atoms with van der Waals surface area (Å²) in [5, 5.41) is 17.6. The highest BCUT2D eigenvalue weighted by atomic mass is 36.0. The van der Waals surface area contributed by atoms with Crippen LogP contribution in [0.2, 0.25) is 5.15 Å². The molecule has 0 aromatic carbocycles. The van der Waals surface area contributed by atoms with Crippen molar-refractivity contribution in [3.8, 4) is 6.07 Å². The van der Waals surface area contributed by atoms with Crippen molar-refractivity contribution in [3.63, 3.8) is 0 Å². The van der Waals surface area contributed by atoms with Gasteiger partial charge in [-0.05, 0) is 38.5 Å². The van der Waals surface area contributed by atoms with Crippen molar-refractivity contribution in [2.45, 2.75) is 38.7 Å². The fourth-order valence-corrected chi connectivity index (χ4v) is 1.81. The van der Waals surface area contributed by atoms with Crippen molar-refractivity contribution in [2.75, 3.05) is 6.61 Å². The normalized spacial score (nSPS) is 14.5. The van der Waals surface area contributed by atoms with E-state index in [9.17, 15) is 31.4 Å². The topological polar surface area (TPSA) is 83.2 Å². The van der Waals surface area contributed by atoms with E-state index in [-0.39, 0.29) is 17.3 Å².